The molecule has 1 aliphatic heterocycles. The van der Waals surface area contributed by atoms with E-state index in [2.05, 4.69) is 15.5 Å². The molecule has 1 saturated heterocycles. The van der Waals surface area contributed by atoms with E-state index >= 15 is 0 Å². The van der Waals surface area contributed by atoms with Crippen LogP contribution in [-0.4, -0.2) is 55.1 Å². The molecule has 0 aromatic carbocycles. The largest absolute Gasteiger partial charge is 0.468 e. The summed E-state index contributed by atoms with van der Waals surface area (Å²) in [7, 11) is -1.77. The number of hydrogen-bond donors (Lipinski definition) is 1. The van der Waals surface area contributed by atoms with Crippen molar-refractivity contribution in [3.05, 3.63) is 24.2 Å². The van der Waals surface area contributed by atoms with Crippen molar-refractivity contribution in [1.29, 1.82) is 0 Å². The van der Waals surface area contributed by atoms with Gasteiger partial charge in [0.25, 0.3) is 0 Å². The summed E-state index contributed by atoms with van der Waals surface area (Å²) in [5.41, 5.74) is 0. The number of nitrogens with one attached hydrogen (secondary N) is 1. The Morgan fingerprint density at radius 3 is 2.92 bits per heavy atom. The van der Waals surface area contributed by atoms with Gasteiger partial charge in [0, 0.05) is 7.05 Å². The van der Waals surface area contributed by atoms with E-state index in [9.17, 15) is 13.2 Å². The number of nitrogens with zero attached hydrogens (tertiary/aromatic N) is 4. The Kier molecular flexibility index (Phi) is 4.56. The first-order valence-corrected chi connectivity index (χ1v) is 9.75. The molecule has 2 aromatic rings. The van der Waals surface area contributed by atoms with Crippen LogP contribution in [-0.2, 0) is 16.4 Å². The first-order valence-electron chi connectivity index (χ1n) is 7.28. The average Bonchev–Trinajstić information content (AvgIpc) is 3.27. The number of urea groups is 1. The minimum atomic E-state index is -3.45. The summed E-state index contributed by atoms with van der Waals surface area (Å²) >= 11 is 0.899. The summed E-state index contributed by atoms with van der Waals surface area (Å²) in [6.45, 7) is 2.42. The molecule has 1 unspecified atom stereocenters. The fourth-order valence-corrected chi connectivity index (χ4v) is 4.41. The second kappa shape index (κ2) is 6.49. The van der Waals surface area contributed by atoms with Gasteiger partial charge in [0.2, 0.25) is 19.3 Å². The van der Waals surface area contributed by atoms with E-state index in [1.807, 2.05) is 6.07 Å². The Balaban J connectivity index is 1.81. The zero-order valence-electron chi connectivity index (χ0n) is 13.2. The van der Waals surface area contributed by atoms with Crippen molar-refractivity contribution >= 4 is 32.3 Å². The summed E-state index contributed by atoms with van der Waals surface area (Å²) in [6, 6.07) is 3.35. The van der Waals surface area contributed by atoms with Crippen molar-refractivity contribution < 1.29 is 17.6 Å². The van der Waals surface area contributed by atoms with Crippen LogP contribution in [0.15, 0.2) is 27.2 Å². The maximum atomic E-state index is 12.4. The van der Waals surface area contributed by atoms with Crippen LogP contribution in [0.5, 0.6) is 0 Å². The molecule has 0 spiro atoms. The Morgan fingerprint density at radius 1 is 1.46 bits per heavy atom. The van der Waals surface area contributed by atoms with Crippen molar-refractivity contribution in [3.63, 3.8) is 0 Å². The molecule has 9 nitrogen and oxygen atoms in total. The van der Waals surface area contributed by atoms with Crippen LogP contribution in [0, 0.1) is 0 Å². The Labute approximate surface area is 143 Å². The molecule has 24 heavy (non-hydrogen) atoms. The molecule has 1 N–H and O–H groups in total. The van der Waals surface area contributed by atoms with Gasteiger partial charge in [-0.3, -0.25) is 10.2 Å². The quantitative estimate of drug-likeness (QED) is 0.752. The molecule has 0 aliphatic carbocycles. The molecule has 11 heteroatoms. The Morgan fingerprint density at radius 2 is 2.25 bits per heavy atom. The van der Waals surface area contributed by atoms with Crippen LogP contribution in [0.3, 0.4) is 0 Å². The van der Waals surface area contributed by atoms with Gasteiger partial charge in [-0.15, -0.1) is 10.2 Å². The van der Waals surface area contributed by atoms with Gasteiger partial charge < -0.3 is 9.32 Å². The number of carbonyl (C=O) groups is 1. The molecule has 1 aliphatic rings. The number of anilines is 1. The lowest BCUT2D eigenvalue weighted by Crippen LogP contribution is -2.44. The number of likely N-dealkylation sites (N-methyl/N-ethyl adjacent to an activating group) is 1. The lowest BCUT2D eigenvalue weighted by molar-refractivity contribution is 0.229. The van der Waals surface area contributed by atoms with E-state index in [1.165, 1.54) is 9.80 Å². The normalized spacial score (nSPS) is 18.6. The third-order valence-corrected chi connectivity index (χ3v) is 6.73. The zero-order chi connectivity index (χ0) is 17.3. The second-order valence-corrected chi connectivity index (χ2v) is 8.67. The van der Waals surface area contributed by atoms with Crippen LogP contribution in [0.1, 0.15) is 12.7 Å². The molecular weight excluding hydrogens is 354 g/mol. The third-order valence-electron chi connectivity index (χ3n) is 3.63. The maximum absolute atomic E-state index is 12.4. The number of aromatic nitrogens is 2. The van der Waals surface area contributed by atoms with Gasteiger partial charge in [-0.2, -0.15) is 0 Å². The summed E-state index contributed by atoms with van der Waals surface area (Å²) in [5, 5.41) is 11.1. The minimum absolute atomic E-state index is 0.0599. The highest BCUT2D eigenvalue weighted by atomic mass is 32.2. The van der Waals surface area contributed by atoms with Crippen molar-refractivity contribution in [1.82, 2.24) is 20.4 Å². The van der Waals surface area contributed by atoms with Crippen molar-refractivity contribution in [2.24, 2.45) is 0 Å². The van der Waals surface area contributed by atoms with E-state index in [1.54, 1.807) is 26.3 Å². The number of hydrogen-bond acceptors (Lipinski definition) is 8. The number of amides is 2. The van der Waals surface area contributed by atoms with Gasteiger partial charge >= 0.3 is 6.03 Å². The number of carbonyl (C=O) groups excluding carboxylic acids is 1. The Hall–Kier alpha value is -1.98. The van der Waals surface area contributed by atoms with Crippen LogP contribution >= 0.6 is 11.3 Å². The highest BCUT2D eigenvalue weighted by molar-refractivity contribution is 7.93. The SMILES string of the molecule is CCS(=O)(=O)c1nnc(N2C(=O)N(C)CC2NCc2ccco2)s1. The smallest absolute Gasteiger partial charge is 0.327 e. The fraction of sp³-hybridized carbons (Fsp3) is 0.462. The predicted octanol–water partition coefficient (Wildman–Crippen LogP) is 0.912. The number of rotatable bonds is 6. The molecule has 0 saturated carbocycles. The molecule has 1 fully saturated rings. The minimum Gasteiger partial charge on any atom is -0.468 e. The van der Waals surface area contributed by atoms with Crippen LogP contribution < -0.4 is 10.2 Å². The van der Waals surface area contributed by atoms with Gasteiger partial charge in [-0.05, 0) is 12.1 Å². The Bertz CT molecular complexity index is 817. The van der Waals surface area contributed by atoms with E-state index in [0.29, 0.717) is 13.1 Å². The van der Waals surface area contributed by atoms with Gasteiger partial charge in [0.05, 0.1) is 25.1 Å². The predicted molar refractivity (Wildman–Crippen MR) is 87.5 cm³/mol. The maximum Gasteiger partial charge on any atom is 0.327 e. The van der Waals surface area contributed by atoms with Crippen molar-refractivity contribution in [2.45, 2.75) is 24.0 Å². The van der Waals surface area contributed by atoms with E-state index in [0.717, 1.165) is 17.1 Å². The second-order valence-electron chi connectivity index (χ2n) is 5.26. The van der Waals surface area contributed by atoms with Crippen molar-refractivity contribution in [2.75, 3.05) is 24.2 Å². The fourth-order valence-electron chi connectivity index (χ4n) is 2.29. The number of sulfone groups is 1. The molecule has 3 rings (SSSR count). The summed E-state index contributed by atoms with van der Waals surface area (Å²) in [6.07, 6.45) is 1.23. The topological polar surface area (TPSA) is 109 Å². The molecule has 3 heterocycles. The molecule has 0 radical (unpaired) electrons. The summed E-state index contributed by atoms with van der Waals surface area (Å²) in [5.74, 6) is 0.679. The summed E-state index contributed by atoms with van der Waals surface area (Å²) < 4.78 is 29.0. The van der Waals surface area contributed by atoms with Crippen LogP contribution in [0.4, 0.5) is 9.93 Å². The number of furan rings is 1. The molecule has 2 aromatic heterocycles. The average molecular weight is 371 g/mol. The van der Waals surface area contributed by atoms with E-state index < -0.39 is 9.84 Å². The zero-order valence-corrected chi connectivity index (χ0v) is 14.8. The first-order chi connectivity index (χ1) is 11.4. The van der Waals surface area contributed by atoms with Crippen molar-refractivity contribution in [3.8, 4) is 0 Å². The third kappa shape index (κ3) is 3.14. The lowest BCUT2D eigenvalue weighted by atomic mass is 10.4. The highest BCUT2D eigenvalue weighted by Crippen LogP contribution is 2.29. The molecule has 2 amide bonds. The van der Waals surface area contributed by atoms with Gasteiger partial charge in [-0.1, -0.05) is 18.3 Å². The van der Waals surface area contributed by atoms with Gasteiger partial charge in [0.1, 0.15) is 11.9 Å². The van der Waals surface area contributed by atoms with Crippen LogP contribution in [0.25, 0.3) is 0 Å². The molecular formula is C13H17N5O4S2. The van der Waals surface area contributed by atoms with E-state index in [4.69, 9.17) is 4.42 Å². The summed E-state index contributed by atoms with van der Waals surface area (Å²) in [4.78, 5) is 15.3. The standard InChI is InChI=1S/C13H17N5O4S2/c1-3-24(20,21)12-16-15-11(23-12)18-10(8-17(2)13(18)19)14-7-9-5-4-6-22-9/h4-6,10,14H,3,7-8H2,1-2H3. The monoisotopic (exact) mass is 371 g/mol. The lowest BCUT2D eigenvalue weighted by Gasteiger charge is -2.20. The highest BCUT2D eigenvalue weighted by Gasteiger charge is 2.38. The molecule has 0 bridgehead atoms. The van der Waals surface area contributed by atoms with Gasteiger partial charge in [-0.25, -0.2) is 13.2 Å². The van der Waals surface area contributed by atoms with Crippen LogP contribution in [0.2, 0.25) is 0 Å². The first kappa shape index (κ1) is 16.9. The van der Waals surface area contributed by atoms with Gasteiger partial charge in [0.15, 0.2) is 0 Å². The van der Waals surface area contributed by atoms with E-state index in [-0.39, 0.29) is 27.4 Å². The molecule has 130 valence electrons. The molecule has 1 atom stereocenters.